The molecule has 2 aliphatic heterocycles. The van der Waals surface area contributed by atoms with E-state index in [1.54, 1.807) is 24.3 Å². The van der Waals surface area contributed by atoms with Crippen LogP contribution in [0.3, 0.4) is 0 Å². The molecule has 0 saturated heterocycles. The van der Waals surface area contributed by atoms with Gasteiger partial charge in [0.05, 0.1) is 22.5 Å². The number of benzene rings is 3. The summed E-state index contributed by atoms with van der Waals surface area (Å²) in [5, 5.41) is 19.3. The Morgan fingerprint density at radius 2 is 1.15 bits per heavy atom. The second-order valence-corrected chi connectivity index (χ2v) is 14.2. The lowest BCUT2D eigenvalue weighted by Crippen LogP contribution is -2.23. The normalized spacial score (nSPS) is 22.8. The van der Waals surface area contributed by atoms with E-state index in [0.717, 1.165) is 69.3 Å². The van der Waals surface area contributed by atoms with Gasteiger partial charge in [0.2, 0.25) is 0 Å². The van der Waals surface area contributed by atoms with Crippen molar-refractivity contribution in [3.8, 4) is 0 Å². The van der Waals surface area contributed by atoms with E-state index in [2.05, 4.69) is 68.7 Å². The summed E-state index contributed by atoms with van der Waals surface area (Å²) in [5.74, 6) is -1.46. The molecule has 7 heteroatoms. The Morgan fingerprint density at radius 3 is 1.56 bits per heavy atom. The zero-order valence-electron chi connectivity index (χ0n) is 28.7. The third-order valence-electron chi connectivity index (χ3n) is 10.2. The second-order valence-electron chi connectivity index (χ2n) is 14.2. The SMILES string of the molecule is CC1CC(=CC=C2N(C)c3ccc(C(=O)O)cc3C2(C)C)C(=Nc2ccccc2)C(=CC=C2N(C)c3ccc(C(=O)O)cc3C2(C)C)C1. The first kappa shape index (κ1) is 32.8. The van der Waals surface area contributed by atoms with Crippen LogP contribution >= 0.6 is 0 Å². The first-order chi connectivity index (χ1) is 22.7. The number of carboxylic acids is 2. The van der Waals surface area contributed by atoms with Crippen molar-refractivity contribution < 1.29 is 19.8 Å². The van der Waals surface area contributed by atoms with E-state index in [9.17, 15) is 19.8 Å². The van der Waals surface area contributed by atoms with Gasteiger partial charge in [0.25, 0.3) is 0 Å². The minimum atomic E-state index is -0.927. The number of hydrogen-bond acceptors (Lipinski definition) is 5. The van der Waals surface area contributed by atoms with Gasteiger partial charge in [-0.15, -0.1) is 0 Å². The largest absolute Gasteiger partial charge is 0.478 e. The van der Waals surface area contributed by atoms with Crippen molar-refractivity contribution in [3.63, 3.8) is 0 Å². The minimum Gasteiger partial charge on any atom is -0.478 e. The zero-order valence-corrected chi connectivity index (χ0v) is 28.7. The molecule has 246 valence electrons. The lowest BCUT2D eigenvalue weighted by atomic mass is 9.79. The smallest absolute Gasteiger partial charge is 0.335 e. The number of likely N-dealkylation sites (N-methyl/N-ethyl adjacent to an activating group) is 2. The standard InChI is InChI=1S/C41H43N3O4/c1-25-21-26(15-19-35-40(2,3)31-23-28(38(45)46)13-17-33(31)43(35)6)37(42-30-11-9-8-10-12-30)27(22-25)16-20-36-41(4,5)32-24-29(39(47)48)14-18-34(32)44(36)7/h8-20,23-25H,21-22H2,1-7H3,(H,45,46)(H,47,48). The first-order valence-electron chi connectivity index (χ1n) is 16.4. The average Bonchev–Trinajstić information content (AvgIpc) is 3.36. The van der Waals surface area contributed by atoms with E-state index in [1.165, 1.54) is 0 Å². The van der Waals surface area contributed by atoms with Crippen LogP contribution in [0.25, 0.3) is 0 Å². The molecule has 0 bridgehead atoms. The molecule has 0 radical (unpaired) electrons. The Balaban J connectivity index is 1.43. The number of aromatic carboxylic acids is 2. The lowest BCUT2D eigenvalue weighted by molar-refractivity contribution is 0.0686. The number of anilines is 2. The highest BCUT2D eigenvalue weighted by Gasteiger charge is 2.40. The Labute approximate surface area is 282 Å². The zero-order chi connectivity index (χ0) is 34.5. The van der Waals surface area contributed by atoms with Crippen LogP contribution in [0, 0.1) is 5.92 Å². The van der Waals surface area contributed by atoms with Crippen molar-refractivity contribution in [2.75, 3.05) is 23.9 Å². The third-order valence-corrected chi connectivity index (χ3v) is 10.2. The van der Waals surface area contributed by atoms with Gasteiger partial charge < -0.3 is 20.0 Å². The Kier molecular flexibility index (Phi) is 8.28. The molecule has 7 nitrogen and oxygen atoms in total. The molecule has 1 aliphatic carbocycles. The summed E-state index contributed by atoms with van der Waals surface area (Å²) in [7, 11) is 4.07. The third kappa shape index (κ3) is 5.68. The van der Waals surface area contributed by atoms with Crippen LogP contribution in [-0.2, 0) is 10.8 Å². The van der Waals surface area contributed by atoms with E-state index < -0.39 is 11.9 Å². The van der Waals surface area contributed by atoms with Gasteiger partial charge in [0.1, 0.15) is 0 Å². The number of aliphatic imine (C=N–C) groups is 1. The molecule has 1 saturated carbocycles. The van der Waals surface area contributed by atoms with Crippen LogP contribution in [-0.4, -0.2) is 42.0 Å². The van der Waals surface area contributed by atoms with Gasteiger partial charge in [-0.05, 0) is 102 Å². The molecule has 0 unspecified atom stereocenters. The molecule has 0 aromatic heterocycles. The predicted octanol–water partition coefficient (Wildman–Crippen LogP) is 9.06. The number of rotatable bonds is 5. The summed E-state index contributed by atoms with van der Waals surface area (Å²) in [4.78, 5) is 33.0. The van der Waals surface area contributed by atoms with Gasteiger partial charge in [-0.25, -0.2) is 14.6 Å². The first-order valence-corrected chi connectivity index (χ1v) is 16.4. The topological polar surface area (TPSA) is 93.4 Å². The van der Waals surface area contributed by atoms with Crippen molar-refractivity contribution in [3.05, 3.63) is 136 Å². The van der Waals surface area contributed by atoms with Crippen LogP contribution in [0.1, 0.15) is 79.3 Å². The maximum atomic E-state index is 11.8. The molecule has 2 heterocycles. The van der Waals surface area contributed by atoms with E-state index in [-0.39, 0.29) is 10.8 Å². The number of carboxylic acid groups (broad SMARTS) is 2. The van der Waals surface area contributed by atoms with Crippen LogP contribution in [0.4, 0.5) is 17.1 Å². The highest BCUT2D eigenvalue weighted by Crippen LogP contribution is 2.49. The summed E-state index contributed by atoms with van der Waals surface area (Å²) >= 11 is 0. The van der Waals surface area contributed by atoms with Crippen molar-refractivity contribution in [1.82, 2.24) is 0 Å². The Morgan fingerprint density at radius 1 is 0.708 bits per heavy atom. The predicted molar refractivity (Wildman–Crippen MR) is 194 cm³/mol. The maximum Gasteiger partial charge on any atom is 0.335 e. The molecule has 0 atom stereocenters. The van der Waals surface area contributed by atoms with Gasteiger partial charge in [0, 0.05) is 47.7 Å². The van der Waals surface area contributed by atoms with E-state index in [0.29, 0.717) is 17.0 Å². The summed E-state index contributed by atoms with van der Waals surface area (Å²) in [6.45, 7) is 10.8. The highest BCUT2D eigenvalue weighted by atomic mass is 16.4. The van der Waals surface area contributed by atoms with Gasteiger partial charge in [0.15, 0.2) is 0 Å². The van der Waals surface area contributed by atoms with Crippen molar-refractivity contribution in [2.24, 2.45) is 10.9 Å². The fraction of sp³-hybridized carbons (Fsp3) is 0.293. The maximum absolute atomic E-state index is 11.8. The molecular weight excluding hydrogens is 598 g/mol. The van der Waals surface area contributed by atoms with Crippen LogP contribution < -0.4 is 9.80 Å². The molecule has 2 N–H and O–H groups in total. The fourth-order valence-electron chi connectivity index (χ4n) is 7.59. The quantitative estimate of drug-likeness (QED) is 0.289. The second kappa shape index (κ2) is 12.1. The van der Waals surface area contributed by atoms with Gasteiger partial charge in [-0.1, -0.05) is 65.0 Å². The minimum absolute atomic E-state index is 0.290. The highest BCUT2D eigenvalue weighted by molar-refractivity contribution is 6.14. The number of nitrogens with zero attached hydrogens (tertiary/aromatic N) is 3. The number of para-hydroxylation sites is 1. The monoisotopic (exact) mass is 641 g/mol. The molecule has 0 amide bonds. The van der Waals surface area contributed by atoms with Gasteiger partial charge in [-0.2, -0.15) is 0 Å². The summed E-state index contributed by atoms with van der Waals surface area (Å²) < 4.78 is 0. The number of fused-ring (bicyclic) bond motifs is 2. The van der Waals surface area contributed by atoms with E-state index in [4.69, 9.17) is 4.99 Å². The van der Waals surface area contributed by atoms with Crippen LogP contribution in [0.15, 0.2) is 119 Å². The number of carbonyl (C=O) groups is 2. The molecule has 3 aliphatic rings. The molecule has 6 rings (SSSR count). The molecule has 1 fully saturated rings. The van der Waals surface area contributed by atoms with Crippen molar-refractivity contribution in [2.45, 2.75) is 58.3 Å². The van der Waals surface area contributed by atoms with E-state index in [1.807, 2.05) is 56.6 Å². The molecule has 0 spiro atoms. The van der Waals surface area contributed by atoms with Crippen molar-refractivity contribution >= 4 is 34.7 Å². The van der Waals surface area contributed by atoms with E-state index >= 15 is 0 Å². The van der Waals surface area contributed by atoms with Crippen LogP contribution in [0.2, 0.25) is 0 Å². The summed E-state index contributed by atoms with van der Waals surface area (Å²) in [6, 6.07) is 20.8. The van der Waals surface area contributed by atoms with Crippen LogP contribution in [0.5, 0.6) is 0 Å². The van der Waals surface area contributed by atoms with Gasteiger partial charge >= 0.3 is 11.9 Å². The fourth-order valence-corrected chi connectivity index (χ4v) is 7.59. The Bertz CT molecular complexity index is 1860. The van der Waals surface area contributed by atoms with Crippen molar-refractivity contribution in [1.29, 1.82) is 0 Å². The number of allylic oxidation sites excluding steroid dienone is 8. The number of hydrogen-bond donors (Lipinski definition) is 2. The van der Waals surface area contributed by atoms with Gasteiger partial charge in [-0.3, -0.25) is 0 Å². The lowest BCUT2D eigenvalue weighted by Gasteiger charge is -2.27. The molecule has 3 aromatic carbocycles. The molecular formula is C41H43N3O4. The Hall–Kier alpha value is -5.17. The molecule has 48 heavy (non-hydrogen) atoms. The molecule has 3 aromatic rings. The average molecular weight is 642 g/mol. The summed E-state index contributed by atoms with van der Waals surface area (Å²) in [6.07, 6.45) is 10.5. The summed E-state index contributed by atoms with van der Waals surface area (Å²) in [5.41, 5.74) is 10.1.